The van der Waals surface area contributed by atoms with Crippen molar-refractivity contribution in [1.29, 1.82) is 0 Å². The minimum Gasteiger partial charge on any atom is -0.313 e. The summed E-state index contributed by atoms with van der Waals surface area (Å²) in [5.74, 6) is 0. The van der Waals surface area contributed by atoms with Gasteiger partial charge in [-0.2, -0.15) is 4.31 Å². The lowest BCUT2D eigenvalue weighted by molar-refractivity contribution is 0.308. The van der Waals surface area contributed by atoms with Crippen molar-refractivity contribution in [3.05, 3.63) is 15.4 Å². The van der Waals surface area contributed by atoms with Gasteiger partial charge in [-0.3, -0.25) is 0 Å². The first-order valence-electron chi connectivity index (χ1n) is 7.49. The van der Waals surface area contributed by atoms with Crippen LogP contribution in [0.15, 0.2) is 14.1 Å². The fourth-order valence-corrected chi connectivity index (χ4v) is 6.86. The van der Waals surface area contributed by atoms with E-state index in [4.69, 9.17) is 0 Å². The molecule has 1 aliphatic carbocycles. The van der Waals surface area contributed by atoms with Gasteiger partial charge in [-0.15, -0.1) is 11.3 Å². The highest BCUT2D eigenvalue weighted by Crippen LogP contribution is 2.37. The van der Waals surface area contributed by atoms with Crippen molar-refractivity contribution in [3.63, 3.8) is 0 Å². The van der Waals surface area contributed by atoms with E-state index in [2.05, 4.69) is 21.2 Å². The van der Waals surface area contributed by atoms with E-state index in [1.165, 1.54) is 24.2 Å². The van der Waals surface area contributed by atoms with Crippen LogP contribution in [0.2, 0.25) is 0 Å². The van der Waals surface area contributed by atoms with Crippen LogP contribution in [0.4, 0.5) is 0 Å². The molecule has 1 saturated heterocycles. The SMILES string of the molecule is Cc1cc(S(=O)(=O)N(CC2CCCCN2)C2CC2)sc1Br. The second-order valence-electron chi connectivity index (χ2n) is 5.97. The first kappa shape index (κ1) is 15.9. The molecule has 0 amide bonds. The van der Waals surface area contributed by atoms with Gasteiger partial charge in [0, 0.05) is 18.6 Å². The third-order valence-corrected chi connectivity index (χ3v) is 8.67. The summed E-state index contributed by atoms with van der Waals surface area (Å²) in [5, 5.41) is 3.46. The number of aryl methyl sites for hydroxylation is 1. The third kappa shape index (κ3) is 3.52. The van der Waals surface area contributed by atoms with Gasteiger partial charge in [0.05, 0.1) is 3.79 Å². The summed E-state index contributed by atoms with van der Waals surface area (Å²) in [5.41, 5.74) is 0.991. The molecule has 1 aliphatic heterocycles. The maximum absolute atomic E-state index is 12.9. The van der Waals surface area contributed by atoms with Gasteiger partial charge in [-0.05, 0) is 66.7 Å². The zero-order valence-electron chi connectivity index (χ0n) is 12.1. The van der Waals surface area contributed by atoms with Gasteiger partial charge in [-0.1, -0.05) is 6.42 Å². The fourth-order valence-electron chi connectivity index (χ4n) is 2.78. The molecular weight excluding hydrogens is 372 g/mol. The molecule has 0 bridgehead atoms. The minimum absolute atomic E-state index is 0.208. The summed E-state index contributed by atoms with van der Waals surface area (Å²) in [6.07, 6.45) is 5.46. The summed E-state index contributed by atoms with van der Waals surface area (Å²) in [6.45, 7) is 3.55. The lowest BCUT2D eigenvalue weighted by Crippen LogP contribution is -2.46. The van der Waals surface area contributed by atoms with Crippen LogP contribution in [0, 0.1) is 6.92 Å². The predicted octanol–water partition coefficient (Wildman–Crippen LogP) is 3.11. The normalized spacial score (nSPS) is 23.7. The van der Waals surface area contributed by atoms with Gasteiger partial charge in [0.25, 0.3) is 10.0 Å². The average molecular weight is 393 g/mol. The second-order valence-corrected chi connectivity index (χ2v) is 10.5. The van der Waals surface area contributed by atoms with Crippen LogP contribution >= 0.6 is 27.3 Å². The number of thiophene rings is 1. The van der Waals surface area contributed by atoms with Crippen LogP contribution in [0.3, 0.4) is 0 Å². The van der Waals surface area contributed by atoms with Crippen molar-refractivity contribution in [2.75, 3.05) is 13.1 Å². The van der Waals surface area contributed by atoms with E-state index in [0.717, 1.165) is 35.2 Å². The van der Waals surface area contributed by atoms with E-state index in [1.54, 1.807) is 10.4 Å². The fraction of sp³-hybridized carbons (Fsp3) is 0.714. The number of sulfonamides is 1. The molecule has 7 heteroatoms. The Kier molecular flexibility index (Phi) is 4.76. The Balaban J connectivity index is 1.82. The number of halogens is 1. The van der Waals surface area contributed by atoms with E-state index in [-0.39, 0.29) is 6.04 Å². The minimum atomic E-state index is -3.36. The number of nitrogens with one attached hydrogen (secondary N) is 1. The Bertz CT molecular complexity index is 585. The van der Waals surface area contributed by atoms with Crippen molar-refractivity contribution >= 4 is 37.3 Å². The Morgan fingerprint density at radius 3 is 2.67 bits per heavy atom. The molecule has 21 heavy (non-hydrogen) atoms. The molecule has 0 radical (unpaired) electrons. The van der Waals surface area contributed by atoms with Crippen LogP contribution in [0.5, 0.6) is 0 Å². The first-order valence-corrected chi connectivity index (χ1v) is 10.5. The standard InChI is InChI=1S/C14H21BrN2O2S2/c1-10-8-13(20-14(10)15)21(18,19)17(12-5-6-12)9-11-4-2-3-7-16-11/h8,11-12,16H,2-7,9H2,1H3. The Morgan fingerprint density at radius 2 is 2.14 bits per heavy atom. The molecule has 4 nitrogen and oxygen atoms in total. The largest absolute Gasteiger partial charge is 0.313 e. The number of rotatable bonds is 5. The van der Waals surface area contributed by atoms with Crippen molar-refractivity contribution in [2.45, 2.75) is 55.3 Å². The van der Waals surface area contributed by atoms with Crippen LogP contribution in [-0.2, 0) is 10.0 Å². The van der Waals surface area contributed by atoms with Gasteiger partial charge >= 0.3 is 0 Å². The molecule has 0 spiro atoms. The number of piperidine rings is 1. The summed E-state index contributed by atoms with van der Waals surface area (Å²) in [4.78, 5) is 0. The highest BCUT2D eigenvalue weighted by atomic mass is 79.9. The predicted molar refractivity (Wildman–Crippen MR) is 89.3 cm³/mol. The van der Waals surface area contributed by atoms with Gasteiger partial charge in [0.2, 0.25) is 0 Å². The molecule has 1 atom stereocenters. The molecule has 1 aromatic rings. The maximum atomic E-state index is 12.9. The zero-order chi connectivity index (χ0) is 15.0. The molecule has 1 N–H and O–H groups in total. The Morgan fingerprint density at radius 1 is 1.38 bits per heavy atom. The zero-order valence-corrected chi connectivity index (χ0v) is 15.4. The van der Waals surface area contributed by atoms with Crippen molar-refractivity contribution < 1.29 is 8.42 Å². The molecule has 2 fully saturated rings. The molecular formula is C14H21BrN2O2S2. The molecule has 1 saturated carbocycles. The van der Waals surface area contributed by atoms with E-state index in [9.17, 15) is 8.42 Å². The number of hydrogen-bond donors (Lipinski definition) is 1. The Labute approximate surface area is 139 Å². The van der Waals surface area contributed by atoms with Gasteiger partial charge in [0.15, 0.2) is 0 Å². The van der Waals surface area contributed by atoms with E-state index >= 15 is 0 Å². The van der Waals surface area contributed by atoms with Crippen molar-refractivity contribution in [3.8, 4) is 0 Å². The van der Waals surface area contributed by atoms with Crippen LogP contribution in [0.25, 0.3) is 0 Å². The highest BCUT2D eigenvalue weighted by molar-refractivity contribution is 9.11. The molecule has 2 aliphatic rings. The summed E-state index contributed by atoms with van der Waals surface area (Å²) >= 11 is 4.76. The molecule has 3 rings (SSSR count). The molecule has 2 heterocycles. The van der Waals surface area contributed by atoms with Crippen LogP contribution in [0.1, 0.15) is 37.7 Å². The second kappa shape index (κ2) is 6.28. The quantitative estimate of drug-likeness (QED) is 0.836. The summed E-state index contributed by atoms with van der Waals surface area (Å²) in [6, 6.07) is 2.30. The van der Waals surface area contributed by atoms with E-state index in [1.807, 2.05) is 6.92 Å². The van der Waals surface area contributed by atoms with Crippen molar-refractivity contribution in [1.82, 2.24) is 9.62 Å². The van der Waals surface area contributed by atoms with Crippen LogP contribution in [-0.4, -0.2) is 37.9 Å². The topological polar surface area (TPSA) is 49.4 Å². The number of hydrogen-bond acceptors (Lipinski definition) is 4. The smallest absolute Gasteiger partial charge is 0.252 e. The molecule has 118 valence electrons. The van der Waals surface area contributed by atoms with E-state index < -0.39 is 10.0 Å². The van der Waals surface area contributed by atoms with Gasteiger partial charge in [-0.25, -0.2) is 8.42 Å². The lowest BCUT2D eigenvalue weighted by atomic mass is 10.1. The summed E-state index contributed by atoms with van der Waals surface area (Å²) < 4.78 is 29.0. The third-order valence-electron chi connectivity index (χ3n) is 4.16. The average Bonchev–Trinajstić information content (AvgIpc) is 3.23. The molecule has 1 aromatic heterocycles. The number of nitrogens with zero attached hydrogens (tertiary/aromatic N) is 1. The molecule has 0 aromatic carbocycles. The van der Waals surface area contributed by atoms with Crippen molar-refractivity contribution in [2.24, 2.45) is 0 Å². The lowest BCUT2D eigenvalue weighted by Gasteiger charge is -2.29. The summed E-state index contributed by atoms with van der Waals surface area (Å²) in [7, 11) is -3.36. The first-order chi connectivity index (χ1) is 9.98. The van der Waals surface area contributed by atoms with E-state index in [0.29, 0.717) is 16.8 Å². The maximum Gasteiger partial charge on any atom is 0.252 e. The monoisotopic (exact) mass is 392 g/mol. The van der Waals surface area contributed by atoms with Gasteiger partial charge < -0.3 is 5.32 Å². The molecule has 1 unspecified atom stereocenters. The highest BCUT2D eigenvalue weighted by Gasteiger charge is 2.40. The Hall–Kier alpha value is 0.0500. The van der Waals surface area contributed by atoms with Crippen LogP contribution < -0.4 is 5.32 Å². The van der Waals surface area contributed by atoms with Gasteiger partial charge in [0.1, 0.15) is 4.21 Å².